The van der Waals surface area contributed by atoms with Crippen LogP contribution in [0.25, 0.3) is 0 Å². The molecule has 8 nitrogen and oxygen atoms in total. The number of ether oxygens (including phenoxy) is 2. The number of amides is 1. The van der Waals surface area contributed by atoms with E-state index in [2.05, 4.69) is 10.5 Å². The van der Waals surface area contributed by atoms with Gasteiger partial charge in [-0.25, -0.2) is 10.2 Å². The van der Waals surface area contributed by atoms with Crippen molar-refractivity contribution in [1.29, 1.82) is 0 Å². The standard InChI is InChI=1S/C21H26N2O6S/c1-14-7-8-15(2)19(11-14)30(25,26)29-17-10-9-16(12-18(17)27-6)13-22-23-20(24)28-21(3,4)5/h7-13H,1-6H3,(H,23,24)/b22-13+. The van der Waals surface area contributed by atoms with Crippen LogP contribution in [0.4, 0.5) is 4.79 Å². The van der Waals surface area contributed by atoms with E-state index in [1.54, 1.807) is 52.8 Å². The van der Waals surface area contributed by atoms with E-state index >= 15 is 0 Å². The van der Waals surface area contributed by atoms with Crippen LogP contribution in [0.5, 0.6) is 11.5 Å². The zero-order valence-electron chi connectivity index (χ0n) is 17.8. The van der Waals surface area contributed by atoms with E-state index in [0.717, 1.165) is 5.56 Å². The van der Waals surface area contributed by atoms with Crippen LogP contribution in [-0.4, -0.2) is 33.4 Å². The Kier molecular flexibility index (Phi) is 7.09. The highest BCUT2D eigenvalue weighted by Crippen LogP contribution is 2.31. The third kappa shape index (κ3) is 6.48. The molecule has 0 atom stereocenters. The van der Waals surface area contributed by atoms with Gasteiger partial charge in [0.2, 0.25) is 0 Å². The van der Waals surface area contributed by atoms with Gasteiger partial charge >= 0.3 is 16.2 Å². The smallest absolute Gasteiger partial charge is 0.428 e. The maximum absolute atomic E-state index is 12.7. The van der Waals surface area contributed by atoms with Crippen molar-refractivity contribution in [3.63, 3.8) is 0 Å². The molecule has 2 aromatic rings. The second-order valence-electron chi connectivity index (χ2n) is 7.59. The quantitative estimate of drug-likeness (QED) is 0.420. The maximum Gasteiger partial charge on any atom is 0.428 e. The number of hydrazone groups is 1. The van der Waals surface area contributed by atoms with E-state index in [9.17, 15) is 13.2 Å². The summed E-state index contributed by atoms with van der Waals surface area (Å²) in [6.07, 6.45) is 0.681. The first-order chi connectivity index (χ1) is 13.9. The second-order valence-corrected chi connectivity index (χ2v) is 9.10. The molecule has 0 aliphatic heterocycles. The molecule has 0 fully saturated rings. The number of nitrogens with zero attached hydrogens (tertiary/aromatic N) is 1. The van der Waals surface area contributed by atoms with Crippen LogP contribution >= 0.6 is 0 Å². The predicted molar refractivity (Wildman–Crippen MR) is 114 cm³/mol. The number of carbonyl (C=O) groups excluding carboxylic acids is 1. The van der Waals surface area contributed by atoms with E-state index < -0.39 is 21.8 Å². The first-order valence-electron chi connectivity index (χ1n) is 9.13. The number of carbonyl (C=O) groups is 1. The maximum atomic E-state index is 12.7. The lowest BCUT2D eigenvalue weighted by atomic mass is 10.2. The van der Waals surface area contributed by atoms with Gasteiger partial charge in [0.1, 0.15) is 10.5 Å². The summed E-state index contributed by atoms with van der Waals surface area (Å²) in [5, 5.41) is 3.81. The number of hydrogen-bond acceptors (Lipinski definition) is 7. The van der Waals surface area contributed by atoms with Gasteiger partial charge in [-0.05, 0) is 75.6 Å². The summed E-state index contributed by atoms with van der Waals surface area (Å²) in [5.41, 5.74) is 3.55. The number of rotatable bonds is 6. The van der Waals surface area contributed by atoms with Gasteiger partial charge in [-0.1, -0.05) is 12.1 Å². The second kappa shape index (κ2) is 9.17. The minimum absolute atomic E-state index is 0.0376. The van der Waals surface area contributed by atoms with E-state index in [4.69, 9.17) is 13.7 Å². The van der Waals surface area contributed by atoms with Gasteiger partial charge in [0.25, 0.3) is 0 Å². The molecule has 0 radical (unpaired) electrons. The minimum Gasteiger partial charge on any atom is -0.493 e. The van der Waals surface area contributed by atoms with Gasteiger partial charge in [0.15, 0.2) is 11.5 Å². The van der Waals surface area contributed by atoms with Crippen LogP contribution in [0.2, 0.25) is 0 Å². The molecule has 9 heteroatoms. The average Bonchev–Trinajstić information content (AvgIpc) is 2.63. The van der Waals surface area contributed by atoms with Gasteiger partial charge in [-0.2, -0.15) is 13.5 Å². The summed E-state index contributed by atoms with van der Waals surface area (Å²) >= 11 is 0. The highest BCUT2D eigenvalue weighted by Gasteiger charge is 2.21. The molecule has 0 unspecified atom stereocenters. The molecule has 0 heterocycles. The third-order valence-corrected chi connectivity index (χ3v) is 5.15. The summed E-state index contributed by atoms with van der Waals surface area (Å²) in [4.78, 5) is 11.7. The Morgan fingerprint density at radius 2 is 1.77 bits per heavy atom. The van der Waals surface area contributed by atoms with E-state index in [1.807, 2.05) is 6.07 Å². The van der Waals surface area contributed by atoms with Crippen molar-refractivity contribution in [1.82, 2.24) is 5.43 Å². The first kappa shape index (κ1) is 23.2. The topological polar surface area (TPSA) is 103 Å². The molecule has 0 aliphatic carbocycles. The molecule has 1 amide bonds. The fourth-order valence-corrected chi connectivity index (χ4v) is 3.69. The Balaban J connectivity index is 2.19. The van der Waals surface area contributed by atoms with Crippen LogP contribution in [0.1, 0.15) is 37.5 Å². The minimum atomic E-state index is -4.04. The monoisotopic (exact) mass is 434 g/mol. The molecular formula is C21H26N2O6S. The van der Waals surface area contributed by atoms with Crippen molar-refractivity contribution < 1.29 is 26.9 Å². The summed E-state index contributed by atoms with van der Waals surface area (Å²) in [6.45, 7) is 8.73. The van der Waals surface area contributed by atoms with Crippen LogP contribution in [0.15, 0.2) is 46.4 Å². The van der Waals surface area contributed by atoms with Crippen LogP contribution in [0.3, 0.4) is 0 Å². The summed E-state index contributed by atoms with van der Waals surface area (Å²) < 4.78 is 41.1. The number of hydrogen-bond donors (Lipinski definition) is 1. The van der Waals surface area contributed by atoms with Crippen molar-refractivity contribution in [2.24, 2.45) is 5.10 Å². The third-order valence-electron chi connectivity index (χ3n) is 3.77. The molecule has 0 saturated carbocycles. The number of methoxy groups -OCH3 is 1. The van der Waals surface area contributed by atoms with Gasteiger partial charge in [0.05, 0.1) is 13.3 Å². The van der Waals surface area contributed by atoms with E-state index in [1.165, 1.54) is 25.5 Å². The lowest BCUT2D eigenvalue weighted by molar-refractivity contribution is 0.0529. The number of nitrogens with one attached hydrogen (secondary N) is 1. The van der Waals surface area contributed by atoms with Crippen molar-refractivity contribution in [2.75, 3.05) is 7.11 Å². The normalized spacial score (nSPS) is 11.9. The van der Waals surface area contributed by atoms with Crippen LogP contribution in [-0.2, 0) is 14.9 Å². The van der Waals surface area contributed by atoms with Crippen LogP contribution in [0, 0.1) is 13.8 Å². The molecule has 2 aromatic carbocycles. The Labute approximate surface area is 177 Å². The molecule has 30 heavy (non-hydrogen) atoms. The lowest BCUT2D eigenvalue weighted by Gasteiger charge is -2.18. The molecule has 0 aliphatic rings. The molecule has 162 valence electrons. The molecule has 2 rings (SSSR count). The Hall–Kier alpha value is -3.07. The van der Waals surface area contributed by atoms with Gasteiger partial charge in [0, 0.05) is 0 Å². The Bertz CT molecular complexity index is 1060. The Morgan fingerprint density at radius 3 is 2.40 bits per heavy atom. The van der Waals surface area contributed by atoms with Gasteiger partial charge in [-0.15, -0.1) is 0 Å². The number of aryl methyl sites for hydroxylation is 2. The van der Waals surface area contributed by atoms with Crippen molar-refractivity contribution in [2.45, 2.75) is 45.1 Å². The van der Waals surface area contributed by atoms with Crippen molar-refractivity contribution in [3.8, 4) is 11.5 Å². The largest absolute Gasteiger partial charge is 0.493 e. The van der Waals surface area contributed by atoms with Crippen molar-refractivity contribution in [3.05, 3.63) is 53.1 Å². The molecular weight excluding hydrogens is 408 g/mol. The highest BCUT2D eigenvalue weighted by molar-refractivity contribution is 7.87. The first-order valence-corrected chi connectivity index (χ1v) is 10.5. The average molecular weight is 435 g/mol. The Morgan fingerprint density at radius 1 is 1.07 bits per heavy atom. The van der Waals surface area contributed by atoms with Gasteiger partial charge in [-0.3, -0.25) is 0 Å². The summed E-state index contributed by atoms with van der Waals surface area (Å²) in [5.74, 6) is 0.237. The molecule has 0 bridgehead atoms. The fourth-order valence-electron chi connectivity index (χ4n) is 2.43. The fraction of sp³-hybridized carbons (Fsp3) is 0.333. The molecule has 1 N–H and O–H groups in total. The highest BCUT2D eigenvalue weighted by atomic mass is 32.2. The predicted octanol–water partition coefficient (Wildman–Crippen LogP) is 3.94. The lowest BCUT2D eigenvalue weighted by Crippen LogP contribution is -2.29. The SMILES string of the molecule is COc1cc(/C=N/NC(=O)OC(C)(C)C)ccc1OS(=O)(=O)c1cc(C)ccc1C. The molecule has 0 saturated heterocycles. The van der Waals surface area contributed by atoms with E-state index in [-0.39, 0.29) is 16.4 Å². The zero-order valence-corrected chi connectivity index (χ0v) is 18.7. The molecule has 0 spiro atoms. The molecule has 0 aromatic heterocycles. The summed E-state index contributed by atoms with van der Waals surface area (Å²) in [7, 11) is -2.65. The summed E-state index contributed by atoms with van der Waals surface area (Å²) in [6, 6.07) is 9.68. The van der Waals surface area contributed by atoms with E-state index in [0.29, 0.717) is 11.1 Å². The zero-order chi connectivity index (χ0) is 22.5. The van der Waals surface area contributed by atoms with Crippen molar-refractivity contribution >= 4 is 22.4 Å². The number of benzene rings is 2. The van der Waals surface area contributed by atoms with Gasteiger partial charge < -0.3 is 13.7 Å². The van der Waals surface area contributed by atoms with Crippen LogP contribution < -0.4 is 14.3 Å².